The van der Waals surface area contributed by atoms with Crippen LogP contribution in [0.15, 0.2) is 46.9 Å². The third-order valence-corrected chi connectivity index (χ3v) is 3.46. The van der Waals surface area contributed by atoms with Gasteiger partial charge in [-0.2, -0.15) is 5.10 Å². The van der Waals surface area contributed by atoms with E-state index in [1.54, 1.807) is 48.7 Å². The fraction of sp³-hybridized carbons (Fsp3) is 0.143. The fourth-order valence-electron chi connectivity index (χ4n) is 1.39. The summed E-state index contributed by atoms with van der Waals surface area (Å²) in [4.78, 5) is 12.7. The molecule has 1 heterocycles. The summed E-state index contributed by atoms with van der Waals surface area (Å²) in [6.45, 7) is 1.66. The maximum absolute atomic E-state index is 11.8. The van der Waals surface area contributed by atoms with Gasteiger partial charge in [0.05, 0.1) is 6.21 Å². The minimum absolute atomic E-state index is 0.312. The minimum Gasteiger partial charge on any atom is -0.481 e. The number of hydrogen-bond donors (Lipinski definition) is 1. The summed E-state index contributed by atoms with van der Waals surface area (Å²) < 4.78 is 5.48. The first kappa shape index (κ1) is 14.6. The van der Waals surface area contributed by atoms with Gasteiger partial charge in [0.2, 0.25) is 0 Å². The van der Waals surface area contributed by atoms with Crippen LogP contribution in [0.1, 0.15) is 11.8 Å². The number of rotatable bonds is 5. The zero-order valence-electron chi connectivity index (χ0n) is 10.7. The van der Waals surface area contributed by atoms with Crippen LogP contribution in [0.4, 0.5) is 0 Å². The smallest absolute Gasteiger partial charge is 0.280 e. The van der Waals surface area contributed by atoms with Crippen molar-refractivity contribution < 1.29 is 9.53 Å². The van der Waals surface area contributed by atoms with Crippen LogP contribution in [0.2, 0.25) is 5.02 Å². The van der Waals surface area contributed by atoms with Gasteiger partial charge in [-0.25, -0.2) is 5.43 Å². The molecule has 1 N–H and O–H groups in total. The molecule has 6 heteroatoms. The van der Waals surface area contributed by atoms with Crippen molar-refractivity contribution in [1.82, 2.24) is 5.43 Å². The second-order valence-electron chi connectivity index (χ2n) is 3.96. The van der Waals surface area contributed by atoms with E-state index in [4.69, 9.17) is 16.3 Å². The number of hydrogen-bond acceptors (Lipinski definition) is 4. The molecule has 0 spiro atoms. The van der Waals surface area contributed by atoms with Gasteiger partial charge >= 0.3 is 0 Å². The molecule has 0 saturated heterocycles. The Hall–Kier alpha value is -1.85. The van der Waals surface area contributed by atoms with Crippen LogP contribution in [0, 0.1) is 0 Å². The summed E-state index contributed by atoms with van der Waals surface area (Å²) in [7, 11) is 0. The summed E-state index contributed by atoms with van der Waals surface area (Å²) in [6.07, 6.45) is 0.953. The highest BCUT2D eigenvalue weighted by Gasteiger charge is 2.13. The summed E-state index contributed by atoms with van der Waals surface area (Å²) in [5, 5.41) is 6.44. The normalized spacial score (nSPS) is 12.3. The maximum Gasteiger partial charge on any atom is 0.280 e. The van der Waals surface area contributed by atoms with Gasteiger partial charge in [-0.15, -0.1) is 11.3 Å². The van der Waals surface area contributed by atoms with Crippen molar-refractivity contribution >= 4 is 35.1 Å². The molecule has 0 saturated carbocycles. The van der Waals surface area contributed by atoms with Crippen molar-refractivity contribution in [2.24, 2.45) is 5.10 Å². The average Bonchev–Trinajstić information content (AvgIpc) is 2.94. The molecule has 0 aliphatic rings. The summed E-state index contributed by atoms with van der Waals surface area (Å²) in [6, 6.07) is 10.7. The number of nitrogens with one attached hydrogen (secondary N) is 1. The number of benzene rings is 1. The molecule has 0 fully saturated rings. The Morgan fingerprint density at radius 3 is 2.80 bits per heavy atom. The fourth-order valence-corrected chi connectivity index (χ4v) is 2.10. The van der Waals surface area contributed by atoms with E-state index in [9.17, 15) is 4.79 Å². The van der Waals surface area contributed by atoms with E-state index < -0.39 is 6.10 Å². The number of halogens is 1. The first-order valence-electron chi connectivity index (χ1n) is 5.94. The Bertz CT molecular complexity index is 582. The predicted octanol–water partition coefficient (Wildman–Crippen LogP) is 3.32. The molecule has 0 bridgehead atoms. The van der Waals surface area contributed by atoms with Crippen LogP contribution >= 0.6 is 22.9 Å². The summed E-state index contributed by atoms with van der Waals surface area (Å²) in [5.74, 6) is 0.270. The molecule has 0 radical (unpaired) electrons. The van der Waals surface area contributed by atoms with E-state index >= 15 is 0 Å². The summed E-state index contributed by atoms with van der Waals surface area (Å²) in [5.41, 5.74) is 2.44. The molecule has 1 atom stereocenters. The van der Waals surface area contributed by atoms with E-state index in [0.717, 1.165) is 4.88 Å². The Labute approximate surface area is 126 Å². The minimum atomic E-state index is -0.642. The zero-order chi connectivity index (χ0) is 14.4. The second-order valence-corrected chi connectivity index (χ2v) is 5.38. The van der Waals surface area contributed by atoms with Crippen molar-refractivity contribution in [3.05, 3.63) is 51.7 Å². The molecular formula is C14H13ClN2O2S. The third kappa shape index (κ3) is 4.36. The number of nitrogens with zero attached hydrogens (tertiary/aromatic N) is 1. The molecule has 0 unspecified atom stereocenters. The largest absolute Gasteiger partial charge is 0.481 e. The van der Waals surface area contributed by atoms with Crippen molar-refractivity contribution in [3.8, 4) is 5.75 Å². The van der Waals surface area contributed by atoms with Crippen molar-refractivity contribution in [2.45, 2.75) is 13.0 Å². The molecule has 1 aromatic heterocycles. The highest BCUT2D eigenvalue weighted by Crippen LogP contribution is 2.16. The van der Waals surface area contributed by atoms with Crippen LogP contribution in [-0.2, 0) is 4.79 Å². The molecular weight excluding hydrogens is 296 g/mol. The lowest BCUT2D eigenvalue weighted by molar-refractivity contribution is -0.127. The number of ether oxygens (including phenoxy) is 1. The lowest BCUT2D eigenvalue weighted by atomic mass is 10.3. The number of carbonyl (C=O) groups excluding carboxylic acids is 1. The molecule has 1 amide bonds. The highest BCUT2D eigenvalue weighted by atomic mass is 35.5. The van der Waals surface area contributed by atoms with Crippen LogP contribution in [0.25, 0.3) is 0 Å². The number of hydrazone groups is 1. The van der Waals surface area contributed by atoms with Gasteiger partial charge in [-0.3, -0.25) is 4.79 Å². The number of carbonyl (C=O) groups is 1. The van der Waals surface area contributed by atoms with Gasteiger partial charge in [0.1, 0.15) is 5.75 Å². The quantitative estimate of drug-likeness (QED) is 0.680. The van der Waals surface area contributed by atoms with E-state index in [-0.39, 0.29) is 5.91 Å². The van der Waals surface area contributed by atoms with Crippen LogP contribution < -0.4 is 10.2 Å². The molecule has 20 heavy (non-hydrogen) atoms. The molecule has 2 rings (SSSR count). The first-order chi connectivity index (χ1) is 9.65. The first-order valence-corrected chi connectivity index (χ1v) is 7.19. The molecule has 1 aromatic carbocycles. The van der Waals surface area contributed by atoms with Gasteiger partial charge in [0, 0.05) is 9.90 Å². The number of thiophene rings is 1. The monoisotopic (exact) mass is 308 g/mol. The topological polar surface area (TPSA) is 50.7 Å². The predicted molar refractivity (Wildman–Crippen MR) is 81.6 cm³/mol. The van der Waals surface area contributed by atoms with Crippen LogP contribution in [-0.4, -0.2) is 18.2 Å². The number of amides is 1. The van der Waals surface area contributed by atoms with Crippen molar-refractivity contribution in [3.63, 3.8) is 0 Å². The summed E-state index contributed by atoms with van der Waals surface area (Å²) >= 11 is 7.32. The van der Waals surface area contributed by atoms with Crippen LogP contribution in [0.5, 0.6) is 5.75 Å². The molecule has 0 aliphatic heterocycles. The van der Waals surface area contributed by atoms with Gasteiger partial charge in [0.25, 0.3) is 5.91 Å². The molecule has 4 nitrogen and oxygen atoms in total. The third-order valence-electron chi connectivity index (χ3n) is 2.41. The second kappa shape index (κ2) is 7.07. The Morgan fingerprint density at radius 2 is 2.15 bits per heavy atom. The van der Waals surface area contributed by atoms with Crippen molar-refractivity contribution in [2.75, 3.05) is 0 Å². The Morgan fingerprint density at radius 1 is 1.40 bits per heavy atom. The standard InChI is InChI=1S/C14H13ClN2O2S/c1-10(19-12-6-4-11(15)5-7-12)14(18)17-16-9-13-3-2-8-20-13/h2-10H,1H3,(H,17,18)/b16-9-/t10-/m0/s1. The van der Waals surface area contributed by atoms with Gasteiger partial charge in [-0.1, -0.05) is 17.7 Å². The van der Waals surface area contributed by atoms with Crippen molar-refractivity contribution in [1.29, 1.82) is 0 Å². The van der Waals surface area contributed by atoms with E-state index in [0.29, 0.717) is 10.8 Å². The highest BCUT2D eigenvalue weighted by molar-refractivity contribution is 7.11. The van der Waals surface area contributed by atoms with E-state index in [1.807, 2.05) is 17.5 Å². The van der Waals surface area contributed by atoms with Gasteiger partial charge < -0.3 is 4.74 Å². The Kier molecular flexibility index (Phi) is 5.15. The Balaban J connectivity index is 1.84. The molecule has 104 valence electrons. The zero-order valence-corrected chi connectivity index (χ0v) is 12.3. The van der Waals surface area contributed by atoms with Gasteiger partial charge in [0.15, 0.2) is 6.10 Å². The SMILES string of the molecule is C[C@H](Oc1ccc(Cl)cc1)C(=O)N/N=C\c1cccs1. The van der Waals surface area contributed by atoms with E-state index in [2.05, 4.69) is 10.5 Å². The average molecular weight is 309 g/mol. The van der Waals surface area contributed by atoms with Gasteiger partial charge in [-0.05, 0) is 42.6 Å². The molecule has 0 aliphatic carbocycles. The van der Waals surface area contributed by atoms with E-state index in [1.165, 1.54) is 0 Å². The lowest BCUT2D eigenvalue weighted by Crippen LogP contribution is -2.33. The lowest BCUT2D eigenvalue weighted by Gasteiger charge is -2.12. The maximum atomic E-state index is 11.8. The molecule has 2 aromatic rings. The van der Waals surface area contributed by atoms with Crippen LogP contribution in [0.3, 0.4) is 0 Å².